The molecule has 0 aliphatic carbocycles. The van der Waals surface area contributed by atoms with Crippen molar-refractivity contribution < 1.29 is 14.3 Å². The normalized spacial score (nSPS) is 14.9. The van der Waals surface area contributed by atoms with Crippen molar-refractivity contribution in [3.8, 4) is 11.5 Å². The summed E-state index contributed by atoms with van der Waals surface area (Å²) in [6.45, 7) is 4.02. The van der Waals surface area contributed by atoms with E-state index in [-0.39, 0.29) is 5.91 Å². The lowest BCUT2D eigenvalue weighted by Crippen LogP contribution is -2.48. The zero-order valence-electron chi connectivity index (χ0n) is 17.2. The summed E-state index contributed by atoms with van der Waals surface area (Å²) in [5.74, 6) is 1.24. The van der Waals surface area contributed by atoms with Crippen molar-refractivity contribution in [1.82, 2.24) is 14.4 Å². The van der Waals surface area contributed by atoms with Gasteiger partial charge in [0.05, 0.1) is 19.8 Å². The molecule has 1 saturated heterocycles. The van der Waals surface area contributed by atoms with Crippen LogP contribution in [0.5, 0.6) is 11.5 Å². The Morgan fingerprint density at radius 2 is 1.76 bits per heavy atom. The fourth-order valence-electron chi connectivity index (χ4n) is 4.05. The first-order valence-corrected chi connectivity index (χ1v) is 9.87. The Bertz CT molecular complexity index is 1020. The van der Waals surface area contributed by atoms with Crippen LogP contribution in [0.15, 0.2) is 48.7 Å². The molecule has 29 heavy (non-hydrogen) atoms. The molecule has 6 nitrogen and oxygen atoms in total. The number of amides is 1. The van der Waals surface area contributed by atoms with Crippen LogP contribution in [0.4, 0.5) is 0 Å². The number of para-hydroxylation sites is 1. The van der Waals surface area contributed by atoms with Crippen LogP contribution in [-0.2, 0) is 13.6 Å². The van der Waals surface area contributed by atoms with Crippen molar-refractivity contribution in [2.45, 2.75) is 6.54 Å². The van der Waals surface area contributed by atoms with Crippen LogP contribution in [0.2, 0.25) is 0 Å². The molecule has 1 aromatic heterocycles. The number of benzene rings is 2. The molecule has 1 fully saturated rings. The molecule has 2 aromatic carbocycles. The summed E-state index contributed by atoms with van der Waals surface area (Å²) in [7, 11) is 5.27. The van der Waals surface area contributed by atoms with Gasteiger partial charge in [0, 0.05) is 62.9 Å². The van der Waals surface area contributed by atoms with Crippen LogP contribution in [-0.4, -0.2) is 60.7 Å². The number of rotatable bonds is 5. The molecule has 0 atom stereocenters. The zero-order valence-corrected chi connectivity index (χ0v) is 17.2. The van der Waals surface area contributed by atoms with E-state index in [0.29, 0.717) is 30.2 Å². The molecule has 4 rings (SSSR count). The van der Waals surface area contributed by atoms with Gasteiger partial charge < -0.3 is 18.9 Å². The van der Waals surface area contributed by atoms with Gasteiger partial charge in [0.25, 0.3) is 5.91 Å². The maximum Gasteiger partial charge on any atom is 0.257 e. The van der Waals surface area contributed by atoms with Crippen LogP contribution < -0.4 is 9.47 Å². The number of nitrogens with zero attached hydrogens (tertiary/aromatic N) is 3. The fraction of sp³-hybridized carbons (Fsp3) is 0.348. The minimum absolute atomic E-state index is 0.00862. The Morgan fingerprint density at radius 1 is 1.00 bits per heavy atom. The van der Waals surface area contributed by atoms with E-state index >= 15 is 0 Å². The lowest BCUT2D eigenvalue weighted by Gasteiger charge is -2.35. The monoisotopic (exact) mass is 393 g/mol. The third-order valence-corrected chi connectivity index (χ3v) is 5.67. The van der Waals surface area contributed by atoms with Crippen molar-refractivity contribution in [3.05, 3.63) is 59.8 Å². The summed E-state index contributed by atoms with van der Waals surface area (Å²) < 4.78 is 12.8. The van der Waals surface area contributed by atoms with Gasteiger partial charge in [-0.25, -0.2) is 0 Å². The van der Waals surface area contributed by atoms with Crippen molar-refractivity contribution in [2.75, 3.05) is 40.4 Å². The number of methoxy groups -OCH3 is 2. The van der Waals surface area contributed by atoms with E-state index in [9.17, 15) is 4.79 Å². The van der Waals surface area contributed by atoms with Crippen LogP contribution in [0.1, 0.15) is 15.9 Å². The van der Waals surface area contributed by atoms with Gasteiger partial charge in [-0.2, -0.15) is 0 Å². The highest BCUT2D eigenvalue weighted by atomic mass is 16.5. The van der Waals surface area contributed by atoms with E-state index in [1.807, 2.05) is 4.90 Å². The Kier molecular flexibility index (Phi) is 5.45. The van der Waals surface area contributed by atoms with Crippen molar-refractivity contribution >= 4 is 16.8 Å². The van der Waals surface area contributed by atoms with Crippen LogP contribution in [0.25, 0.3) is 10.9 Å². The number of fused-ring (bicyclic) bond motifs is 1. The zero-order chi connectivity index (χ0) is 20.4. The van der Waals surface area contributed by atoms with Crippen LogP contribution in [0, 0.1) is 0 Å². The first-order valence-electron chi connectivity index (χ1n) is 9.87. The minimum atomic E-state index is 0.00862. The SMILES string of the molecule is COc1ccc(C(=O)N2CCN(Cc3cn(C)c4ccccc34)CC2)c(OC)c1. The number of aryl methyl sites for hydroxylation is 1. The average Bonchev–Trinajstić information content (AvgIpc) is 3.08. The molecular weight excluding hydrogens is 366 g/mol. The molecule has 0 bridgehead atoms. The molecule has 0 radical (unpaired) electrons. The van der Waals surface area contributed by atoms with E-state index in [1.165, 1.54) is 16.5 Å². The summed E-state index contributed by atoms with van der Waals surface area (Å²) in [5, 5.41) is 1.30. The average molecular weight is 393 g/mol. The third kappa shape index (κ3) is 3.80. The summed E-state index contributed by atoms with van der Waals surface area (Å²) in [5.41, 5.74) is 3.17. The largest absolute Gasteiger partial charge is 0.497 e. The first-order chi connectivity index (χ1) is 14.1. The quantitative estimate of drug-likeness (QED) is 0.668. The van der Waals surface area contributed by atoms with Gasteiger partial charge in [0.1, 0.15) is 11.5 Å². The summed E-state index contributed by atoms with van der Waals surface area (Å²) in [4.78, 5) is 17.3. The second-order valence-electron chi connectivity index (χ2n) is 7.42. The highest BCUT2D eigenvalue weighted by Crippen LogP contribution is 2.27. The molecule has 1 amide bonds. The molecule has 152 valence electrons. The molecule has 1 aliphatic heterocycles. The van der Waals surface area contributed by atoms with Crippen molar-refractivity contribution in [3.63, 3.8) is 0 Å². The maximum atomic E-state index is 13.0. The number of ether oxygens (including phenoxy) is 2. The first kappa shape index (κ1) is 19.3. The standard InChI is InChI=1S/C23H27N3O3/c1-24-15-17(19-6-4-5-7-21(19)24)16-25-10-12-26(13-11-25)23(27)20-9-8-18(28-2)14-22(20)29-3/h4-9,14-15H,10-13,16H2,1-3H3. The summed E-state index contributed by atoms with van der Waals surface area (Å²) in [6.07, 6.45) is 2.21. The second kappa shape index (κ2) is 8.17. The Hall–Kier alpha value is -2.99. The highest BCUT2D eigenvalue weighted by Gasteiger charge is 2.25. The topological polar surface area (TPSA) is 46.9 Å². The number of piperazine rings is 1. The lowest BCUT2D eigenvalue weighted by molar-refractivity contribution is 0.0625. The number of hydrogen-bond acceptors (Lipinski definition) is 4. The predicted molar refractivity (Wildman–Crippen MR) is 114 cm³/mol. The van der Waals surface area contributed by atoms with Gasteiger partial charge in [-0.3, -0.25) is 9.69 Å². The van der Waals surface area contributed by atoms with E-state index < -0.39 is 0 Å². The molecule has 2 heterocycles. The predicted octanol–water partition coefficient (Wildman–Crippen LogP) is 3.15. The molecular formula is C23H27N3O3. The van der Waals surface area contributed by atoms with Gasteiger partial charge in [0.15, 0.2) is 0 Å². The third-order valence-electron chi connectivity index (χ3n) is 5.67. The molecule has 0 unspecified atom stereocenters. The highest BCUT2D eigenvalue weighted by molar-refractivity contribution is 5.97. The van der Waals surface area contributed by atoms with Crippen LogP contribution >= 0.6 is 0 Å². The van der Waals surface area contributed by atoms with E-state index in [0.717, 1.165) is 19.6 Å². The molecule has 0 N–H and O–H groups in total. The van der Waals surface area contributed by atoms with Gasteiger partial charge in [0.2, 0.25) is 0 Å². The van der Waals surface area contributed by atoms with E-state index in [4.69, 9.17) is 9.47 Å². The van der Waals surface area contributed by atoms with Crippen molar-refractivity contribution in [1.29, 1.82) is 0 Å². The van der Waals surface area contributed by atoms with Crippen molar-refractivity contribution in [2.24, 2.45) is 7.05 Å². The molecule has 0 spiro atoms. The maximum absolute atomic E-state index is 13.0. The van der Waals surface area contributed by atoms with E-state index in [2.05, 4.69) is 47.0 Å². The minimum Gasteiger partial charge on any atom is -0.497 e. The number of aromatic nitrogens is 1. The van der Waals surface area contributed by atoms with E-state index in [1.54, 1.807) is 32.4 Å². The van der Waals surface area contributed by atoms with Gasteiger partial charge >= 0.3 is 0 Å². The fourth-order valence-corrected chi connectivity index (χ4v) is 4.05. The summed E-state index contributed by atoms with van der Waals surface area (Å²) >= 11 is 0. The smallest absolute Gasteiger partial charge is 0.257 e. The second-order valence-corrected chi connectivity index (χ2v) is 7.42. The molecule has 1 aliphatic rings. The van der Waals surface area contributed by atoms with Gasteiger partial charge in [-0.15, -0.1) is 0 Å². The summed E-state index contributed by atoms with van der Waals surface area (Å²) in [6, 6.07) is 13.8. The lowest BCUT2D eigenvalue weighted by atomic mass is 10.1. The number of hydrogen-bond donors (Lipinski definition) is 0. The molecule has 3 aromatic rings. The molecule has 0 saturated carbocycles. The Labute approximate surface area is 171 Å². The number of carbonyl (C=O) groups is 1. The van der Waals surface area contributed by atoms with Crippen LogP contribution in [0.3, 0.4) is 0 Å². The van der Waals surface area contributed by atoms with Gasteiger partial charge in [-0.05, 0) is 23.8 Å². The Morgan fingerprint density at radius 3 is 2.48 bits per heavy atom. The molecule has 6 heteroatoms. The Balaban J connectivity index is 1.42. The van der Waals surface area contributed by atoms with Gasteiger partial charge in [-0.1, -0.05) is 18.2 Å². The number of carbonyl (C=O) groups excluding carboxylic acids is 1.